The number of non-ortho nitro benzene ring substituents is 1. The molecule has 1 aliphatic heterocycles. The fraction of sp³-hybridized carbons (Fsp3) is 0.429. The van der Waals surface area contributed by atoms with Crippen LogP contribution in [0.2, 0.25) is 5.02 Å². The second kappa shape index (κ2) is 10.8. The molecule has 1 fully saturated rings. The van der Waals surface area contributed by atoms with E-state index in [1.165, 1.54) is 0 Å². The van der Waals surface area contributed by atoms with Crippen LogP contribution in [0.25, 0.3) is 0 Å². The number of aryl methyl sites for hydroxylation is 1. The van der Waals surface area contributed by atoms with E-state index in [-0.39, 0.29) is 16.7 Å². The molecule has 1 aromatic carbocycles. The van der Waals surface area contributed by atoms with E-state index >= 15 is 0 Å². The van der Waals surface area contributed by atoms with Crippen molar-refractivity contribution in [2.75, 3.05) is 31.6 Å². The van der Waals surface area contributed by atoms with Gasteiger partial charge in [-0.3, -0.25) is 15.1 Å². The van der Waals surface area contributed by atoms with Crippen molar-refractivity contribution in [1.82, 2.24) is 15.6 Å². The molecule has 3 rings (SSSR count). The maximum Gasteiger partial charge on any atom is 0.269 e. The Balaban J connectivity index is 1.36. The number of pyridine rings is 1. The van der Waals surface area contributed by atoms with Gasteiger partial charge in [0.1, 0.15) is 5.82 Å². The first kappa shape index (κ1) is 21.8. The van der Waals surface area contributed by atoms with Gasteiger partial charge >= 0.3 is 0 Å². The molecular formula is C21H27ClN6O2. The third kappa shape index (κ3) is 6.06. The molecule has 0 radical (unpaired) electrons. The Morgan fingerprint density at radius 3 is 2.83 bits per heavy atom. The molecule has 1 saturated heterocycles. The quantitative estimate of drug-likeness (QED) is 0.219. The van der Waals surface area contributed by atoms with Gasteiger partial charge in [-0.2, -0.15) is 0 Å². The summed E-state index contributed by atoms with van der Waals surface area (Å²) in [6, 6.07) is 10.8. The summed E-state index contributed by atoms with van der Waals surface area (Å²) >= 11 is 6.26. The van der Waals surface area contributed by atoms with Gasteiger partial charge < -0.3 is 15.5 Å². The fourth-order valence-electron chi connectivity index (χ4n) is 3.51. The van der Waals surface area contributed by atoms with Crippen LogP contribution in [-0.4, -0.2) is 48.6 Å². The highest BCUT2D eigenvalue weighted by molar-refractivity contribution is 6.32. The number of nitro benzene ring substituents is 1. The lowest BCUT2D eigenvalue weighted by Gasteiger charge is -2.20. The summed E-state index contributed by atoms with van der Waals surface area (Å²) in [5.41, 5.74) is 1.24. The van der Waals surface area contributed by atoms with Gasteiger partial charge in [0.05, 0.1) is 9.95 Å². The van der Waals surface area contributed by atoms with E-state index in [4.69, 9.17) is 11.6 Å². The number of nitro groups is 1. The largest absolute Gasteiger partial charge is 0.356 e. The normalized spacial score (nSPS) is 16.5. The highest BCUT2D eigenvalue weighted by atomic mass is 35.5. The van der Waals surface area contributed by atoms with Crippen molar-refractivity contribution in [3.63, 3.8) is 0 Å². The van der Waals surface area contributed by atoms with Crippen molar-refractivity contribution in [3.8, 4) is 0 Å². The third-order valence-corrected chi connectivity index (χ3v) is 5.42. The Kier molecular flexibility index (Phi) is 7.84. The zero-order valence-electron chi connectivity index (χ0n) is 17.1. The Labute approximate surface area is 181 Å². The Morgan fingerprint density at radius 1 is 1.33 bits per heavy atom. The number of rotatable bonds is 8. The molecule has 0 amide bonds. The molecule has 1 aromatic heterocycles. The van der Waals surface area contributed by atoms with Gasteiger partial charge in [-0.05, 0) is 43.4 Å². The molecule has 0 aliphatic carbocycles. The van der Waals surface area contributed by atoms with Crippen molar-refractivity contribution in [3.05, 3.63) is 63.3 Å². The van der Waals surface area contributed by atoms with E-state index in [0.717, 1.165) is 62.7 Å². The average Bonchev–Trinajstić information content (AvgIpc) is 3.21. The zero-order valence-corrected chi connectivity index (χ0v) is 17.8. The van der Waals surface area contributed by atoms with Crippen LogP contribution < -0.4 is 15.5 Å². The van der Waals surface area contributed by atoms with Crippen molar-refractivity contribution in [1.29, 1.82) is 0 Å². The minimum atomic E-state index is -0.374. The van der Waals surface area contributed by atoms with Crippen LogP contribution >= 0.6 is 11.6 Å². The maximum absolute atomic E-state index is 10.7. The molecule has 2 aromatic rings. The van der Waals surface area contributed by atoms with E-state index in [1.807, 2.05) is 24.3 Å². The highest BCUT2D eigenvalue weighted by Crippen LogP contribution is 2.25. The molecule has 0 bridgehead atoms. The number of nitrogens with zero attached hydrogens (tertiary/aromatic N) is 4. The van der Waals surface area contributed by atoms with Crippen LogP contribution in [0.3, 0.4) is 0 Å². The smallest absolute Gasteiger partial charge is 0.269 e. The number of nitrogens with one attached hydrogen (secondary N) is 2. The van der Waals surface area contributed by atoms with E-state index in [9.17, 15) is 10.1 Å². The van der Waals surface area contributed by atoms with Crippen LogP contribution in [0.4, 0.5) is 11.5 Å². The summed E-state index contributed by atoms with van der Waals surface area (Å²) in [6.45, 7) is 2.55. The zero-order chi connectivity index (χ0) is 21.3. The monoisotopic (exact) mass is 430 g/mol. The molecule has 0 saturated carbocycles. The van der Waals surface area contributed by atoms with Gasteiger partial charge in [0.2, 0.25) is 0 Å². The molecular weight excluding hydrogens is 404 g/mol. The molecule has 1 atom stereocenters. The molecule has 30 heavy (non-hydrogen) atoms. The number of unbranched alkanes of at least 4 members (excludes halogenated alkanes) is 1. The lowest BCUT2D eigenvalue weighted by atomic mass is 10.1. The first-order valence-corrected chi connectivity index (χ1v) is 10.5. The molecule has 160 valence electrons. The highest BCUT2D eigenvalue weighted by Gasteiger charge is 2.25. The molecule has 9 heteroatoms. The summed E-state index contributed by atoms with van der Waals surface area (Å²) in [6.07, 6.45) is 5.64. The predicted octanol–water partition coefficient (Wildman–Crippen LogP) is 3.41. The number of benzene rings is 1. The Bertz CT molecular complexity index is 874. The van der Waals surface area contributed by atoms with Gasteiger partial charge in [-0.25, -0.2) is 4.98 Å². The average molecular weight is 431 g/mol. The SMILES string of the molecule is CN=C(NCCCCc1ccc([N+](=O)[O-])cc1)NC1CCN(c2ncccc2Cl)C1. The summed E-state index contributed by atoms with van der Waals surface area (Å²) in [5, 5.41) is 18.2. The minimum Gasteiger partial charge on any atom is -0.356 e. The molecule has 8 nitrogen and oxygen atoms in total. The lowest BCUT2D eigenvalue weighted by Crippen LogP contribution is -2.44. The Morgan fingerprint density at radius 2 is 2.13 bits per heavy atom. The fourth-order valence-corrected chi connectivity index (χ4v) is 3.75. The number of hydrogen-bond donors (Lipinski definition) is 2. The van der Waals surface area contributed by atoms with E-state index < -0.39 is 0 Å². The van der Waals surface area contributed by atoms with E-state index in [2.05, 4.69) is 25.5 Å². The summed E-state index contributed by atoms with van der Waals surface area (Å²) in [5.74, 6) is 1.63. The van der Waals surface area contributed by atoms with Gasteiger partial charge in [0.25, 0.3) is 5.69 Å². The number of hydrogen-bond acceptors (Lipinski definition) is 5. The Hall–Kier alpha value is -2.87. The van der Waals surface area contributed by atoms with Crippen LogP contribution in [0.15, 0.2) is 47.6 Å². The minimum absolute atomic E-state index is 0.131. The molecule has 2 N–H and O–H groups in total. The van der Waals surface area contributed by atoms with Crippen LogP contribution in [-0.2, 0) is 6.42 Å². The van der Waals surface area contributed by atoms with Crippen molar-refractivity contribution >= 4 is 29.1 Å². The first-order valence-electron chi connectivity index (χ1n) is 10.1. The number of guanidine groups is 1. The van der Waals surface area contributed by atoms with Gasteiger partial charge in [-0.1, -0.05) is 23.7 Å². The topological polar surface area (TPSA) is 95.7 Å². The van der Waals surface area contributed by atoms with E-state index in [1.54, 1.807) is 25.4 Å². The van der Waals surface area contributed by atoms with Gasteiger partial charge in [-0.15, -0.1) is 0 Å². The predicted molar refractivity (Wildman–Crippen MR) is 120 cm³/mol. The first-order chi connectivity index (χ1) is 14.6. The summed E-state index contributed by atoms with van der Waals surface area (Å²) in [4.78, 5) is 21.2. The number of aromatic nitrogens is 1. The summed E-state index contributed by atoms with van der Waals surface area (Å²) in [7, 11) is 1.77. The molecule has 1 unspecified atom stereocenters. The van der Waals surface area contributed by atoms with Gasteiger partial charge in [0, 0.05) is 51.1 Å². The van der Waals surface area contributed by atoms with Crippen LogP contribution in [0.1, 0.15) is 24.8 Å². The second-order valence-corrected chi connectivity index (χ2v) is 7.67. The standard InChI is InChI=1S/C21H27ClN6O2/c1-23-21(25-12-3-2-5-16-7-9-18(10-8-16)28(29)30)26-17-11-14-27(15-17)20-19(22)6-4-13-24-20/h4,6-10,13,17H,2-3,5,11-12,14-15H2,1H3,(H2,23,25,26). The second-order valence-electron chi connectivity index (χ2n) is 7.26. The number of aliphatic imine (C=N–C) groups is 1. The van der Waals surface area contributed by atoms with Crippen LogP contribution in [0.5, 0.6) is 0 Å². The number of anilines is 1. The van der Waals surface area contributed by atoms with Crippen molar-refractivity contribution in [2.45, 2.75) is 31.7 Å². The number of halogens is 1. The molecule has 2 heterocycles. The van der Waals surface area contributed by atoms with E-state index in [0.29, 0.717) is 5.02 Å². The van der Waals surface area contributed by atoms with Crippen LogP contribution in [0, 0.1) is 10.1 Å². The van der Waals surface area contributed by atoms with Crippen molar-refractivity contribution in [2.24, 2.45) is 4.99 Å². The molecule has 1 aliphatic rings. The molecule has 0 spiro atoms. The third-order valence-electron chi connectivity index (χ3n) is 5.12. The lowest BCUT2D eigenvalue weighted by molar-refractivity contribution is -0.384. The van der Waals surface area contributed by atoms with Crippen molar-refractivity contribution < 1.29 is 4.92 Å². The maximum atomic E-state index is 10.7. The van der Waals surface area contributed by atoms with Gasteiger partial charge in [0.15, 0.2) is 5.96 Å². The summed E-state index contributed by atoms with van der Waals surface area (Å²) < 4.78 is 0.